The molecule has 1 heterocycles. The van der Waals surface area contributed by atoms with Crippen LogP contribution < -0.4 is 0 Å². The van der Waals surface area contributed by atoms with E-state index in [4.69, 9.17) is 16.3 Å². The normalized spacial score (nSPS) is 18.4. The lowest BCUT2D eigenvalue weighted by Gasteiger charge is -2.34. The van der Waals surface area contributed by atoms with Crippen molar-refractivity contribution in [3.05, 3.63) is 34.3 Å². The first-order valence-corrected chi connectivity index (χ1v) is 7.66. The zero-order chi connectivity index (χ0) is 15.4. The van der Waals surface area contributed by atoms with Crippen LogP contribution in [-0.2, 0) is 9.53 Å². The fourth-order valence-corrected chi connectivity index (χ4v) is 2.91. The molecule has 21 heavy (non-hydrogen) atoms. The molecule has 0 bridgehead atoms. The number of carbonyl (C=O) groups is 2. The fraction of sp³-hybridized carbons (Fsp3) is 0.500. The number of hydrogen-bond acceptors (Lipinski definition) is 3. The third-order valence-corrected chi connectivity index (χ3v) is 3.98. The predicted octanol–water partition coefficient (Wildman–Crippen LogP) is 3.21. The number of carbonyl (C=O) groups excluding carboxylic acids is 2. The Labute approximate surface area is 130 Å². The summed E-state index contributed by atoms with van der Waals surface area (Å²) in [6.07, 6.45) is 2.51. The number of amides is 1. The van der Waals surface area contributed by atoms with E-state index in [1.54, 1.807) is 30.0 Å². The van der Waals surface area contributed by atoms with Crippen LogP contribution in [-0.4, -0.2) is 36.0 Å². The average Bonchev–Trinajstić information content (AvgIpc) is 2.47. The van der Waals surface area contributed by atoms with Crippen molar-refractivity contribution in [2.45, 2.75) is 39.2 Å². The number of esters is 1. The summed E-state index contributed by atoms with van der Waals surface area (Å²) in [6, 6.07) is 4.71. The summed E-state index contributed by atoms with van der Waals surface area (Å²) in [5.74, 6) is -0.431. The molecule has 5 heteroatoms. The van der Waals surface area contributed by atoms with Gasteiger partial charge in [0.15, 0.2) is 0 Å². The molecule has 0 spiro atoms. The molecular formula is C16H20ClNO3. The lowest BCUT2D eigenvalue weighted by atomic mass is 9.99. The molecule has 1 aliphatic rings. The summed E-state index contributed by atoms with van der Waals surface area (Å²) < 4.78 is 5.09. The van der Waals surface area contributed by atoms with Crippen LogP contribution >= 0.6 is 11.6 Å². The van der Waals surface area contributed by atoms with Crippen molar-refractivity contribution in [2.75, 3.05) is 13.2 Å². The molecule has 1 atom stereocenters. The van der Waals surface area contributed by atoms with Crippen LogP contribution in [0.4, 0.5) is 0 Å². The molecule has 4 nitrogen and oxygen atoms in total. The number of benzene rings is 1. The quantitative estimate of drug-likeness (QED) is 0.806. The second-order valence-corrected chi connectivity index (χ2v) is 5.66. The first-order valence-electron chi connectivity index (χ1n) is 7.28. The molecule has 1 amide bonds. The van der Waals surface area contributed by atoms with Gasteiger partial charge in [0.1, 0.15) is 6.04 Å². The Balaban J connectivity index is 2.24. The maximum Gasteiger partial charge on any atom is 0.328 e. The van der Waals surface area contributed by atoms with Crippen LogP contribution in [0.1, 0.15) is 42.1 Å². The smallest absolute Gasteiger partial charge is 0.328 e. The van der Waals surface area contributed by atoms with Crippen molar-refractivity contribution in [3.8, 4) is 0 Å². The van der Waals surface area contributed by atoms with Gasteiger partial charge in [-0.15, -0.1) is 0 Å². The van der Waals surface area contributed by atoms with Crippen LogP contribution in [0.3, 0.4) is 0 Å². The topological polar surface area (TPSA) is 46.6 Å². The average molecular weight is 310 g/mol. The first kappa shape index (κ1) is 15.8. The highest BCUT2D eigenvalue weighted by atomic mass is 35.5. The highest BCUT2D eigenvalue weighted by molar-refractivity contribution is 6.30. The molecule has 0 radical (unpaired) electrons. The van der Waals surface area contributed by atoms with E-state index in [0.717, 1.165) is 18.4 Å². The van der Waals surface area contributed by atoms with E-state index in [9.17, 15) is 9.59 Å². The molecular weight excluding hydrogens is 290 g/mol. The maximum absolute atomic E-state index is 12.7. The Morgan fingerprint density at radius 1 is 1.38 bits per heavy atom. The summed E-state index contributed by atoms with van der Waals surface area (Å²) in [5, 5.41) is 0.602. The van der Waals surface area contributed by atoms with E-state index in [1.165, 1.54) is 0 Å². The van der Waals surface area contributed by atoms with Gasteiger partial charge in [0.2, 0.25) is 0 Å². The van der Waals surface area contributed by atoms with Crippen LogP contribution in [0.5, 0.6) is 0 Å². The molecule has 2 rings (SSSR count). The van der Waals surface area contributed by atoms with Gasteiger partial charge in [-0.2, -0.15) is 0 Å². The van der Waals surface area contributed by atoms with Gasteiger partial charge in [-0.25, -0.2) is 4.79 Å². The Morgan fingerprint density at radius 3 is 2.81 bits per heavy atom. The SMILES string of the molecule is CCOC(=O)C1CCCCN1C(=O)c1ccc(Cl)cc1C. The Kier molecular flexibility index (Phi) is 5.23. The van der Waals surface area contributed by atoms with Crippen molar-refractivity contribution in [3.63, 3.8) is 0 Å². The number of rotatable bonds is 3. The molecule has 1 aromatic rings. The maximum atomic E-state index is 12.7. The van der Waals surface area contributed by atoms with Crippen molar-refractivity contribution in [2.24, 2.45) is 0 Å². The van der Waals surface area contributed by atoms with Crippen molar-refractivity contribution < 1.29 is 14.3 Å². The van der Waals surface area contributed by atoms with Crippen molar-refractivity contribution in [1.82, 2.24) is 4.90 Å². The van der Waals surface area contributed by atoms with E-state index in [1.807, 2.05) is 6.92 Å². The summed E-state index contributed by atoms with van der Waals surface area (Å²) in [7, 11) is 0. The van der Waals surface area contributed by atoms with E-state index in [0.29, 0.717) is 30.2 Å². The molecule has 1 fully saturated rings. The van der Waals surface area contributed by atoms with E-state index < -0.39 is 6.04 Å². The summed E-state index contributed by atoms with van der Waals surface area (Å²) in [4.78, 5) is 26.4. The van der Waals surface area contributed by atoms with Crippen molar-refractivity contribution in [1.29, 1.82) is 0 Å². The van der Waals surface area contributed by atoms with Crippen LogP contribution in [0.15, 0.2) is 18.2 Å². The van der Waals surface area contributed by atoms with Gasteiger partial charge in [-0.05, 0) is 56.9 Å². The minimum atomic E-state index is -0.471. The highest BCUT2D eigenvalue weighted by Gasteiger charge is 2.34. The third kappa shape index (κ3) is 3.56. The first-order chi connectivity index (χ1) is 10.0. The number of aryl methyl sites for hydroxylation is 1. The number of nitrogens with zero attached hydrogens (tertiary/aromatic N) is 1. The zero-order valence-electron chi connectivity index (χ0n) is 12.4. The third-order valence-electron chi connectivity index (χ3n) is 3.74. The standard InChI is InChI=1S/C16H20ClNO3/c1-3-21-16(20)14-6-4-5-9-18(14)15(19)13-8-7-12(17)10-11(13)2/h7-8,10,14H,3-6,9H2,1-2H3. The van der Waals surface area contributed by atoms with Gasteiger partial charge in [0, 0.05) is 17.1 Å². The number of ether oxygens (including phenoxy) is 1. The monoisotopic (exact) mass is 309 g/mol. The molecule has 0 saturated carbocycles. The van der Waals surface area contributed by atoms with Gasteiger partial charge >= 0.3 is 5.97 Å². The highest BCUT2D eigenvalue weighted by Crippen LogP contribution is 2.23. The number of hydrogen-bond donors (Lipinski definition) is 0. The Hall–Kier alpha value is -1.55. The molecule has 114 valence electrons. The largest absolute Gasteiger partial charge is 0.464 e. The molecule has 1 aliphatic heterocycles. The molecule has 0 aliphatic carbocycles. The van der Waals surface area contributed by atoms with E-state index in [-0.39, 0.29) is 11.9 Å². The molecule has 0 aromatic heterocycles. The predicted molar refractivity (Wildman–Crippen MR) is 81.5 cm³/mol. The van der Waals surface area contributed by atoms with Crippen LogP contribution in [0, 0.1) is 6.92 Å². The number of likely N-dealkylation sites (tertiary alicyclic amines) is 1. The zero-order valence-corrected chi connectivity index (χ0v) is 13.2. The Morgan fingerprint density at radius 2 is 2.14 bits per heavy atom. The fourth-order valence-electron chi connectivity index (χ4n) is 2.68. The van der Waals surface area contributed by atoms with Crippen LogP contribution in [0.25, 0.3) is 0 Å². The lowest BCUT2D eigenvalue weighted by molar-refractivity contribution is -0.149. The van der Waals surface area contributed by atoms with E-state index in [2.05, 4.69) is 0 Å². The molecule has 1 aromatic carbocycles. The number of halogens is 1. The molecule has 0 N–H and O–H groups in total. The molecule has 1 saturated heterocycles. The van der Waals surface area contributed by atoms with Crippen LogP contribution in [0.2, 0.25) is 5.02 Å². The summed E-state index contributed by atoms with van der Waals surface area (Å²) in [5.41, 5.74) is 1.41. The molecule has 1 unspecified atom stereocenters. The van der Waals surface area contributed by atoms with Gasteiger partial charge in [0.05, 0.1) is 6.61 Å². The van der Waals surface area contributed by atoms with E-state index >= 15 is 0 Å². The van der Waals surface area contributed by atoms with Crippen molar-refractivity contribution >= 4 is 23.5 Å². The summed E-state index contributed by atoms with van der Waals surface area (Å²) in [6.45, 7) is 4.54. The Bertz CT molecular complexity index is 544. The minimum absolute atomic E-state index is 0.123. The second-order valence-electron chi connectivity index (χ2n) is 5.22. The second kappa shape index (κ2) is 6.94. The van der Waals surface area contributed by atoms with Gasteiger partial charge in [-0.1, -0.05) is 11.6 Å². The minimum Gasteiger partial charge on any atom is -0.464 e. The van der Waals surface area contributed by atoms with Gasteiger partial charge in [-0.3, -0.25) is 4.79 Å². The lowest BCUT2D eigenvalue weighted by Crippen LogP contribution is -2.48. The van der Waals surface area contributed by atoms with Gasteiger partial charge in [0.25, 0.3) is 5.91 Å². The number of piperidine rings is 1. The van der Waals surface area contributed by atoms with Gasteiger partial charge < -0.3 is 9.64 Å². The summed E-state index contributed by atoms with van der Waals surface area (Å²) >= 11 is 5.93.